The molecule has 1 atom stereocenters. The molecule has 0 saturated carbocycles. The van der Waals surface area contributed by atoms with Crippen molar-refractivity contribution in [3.63, 3.8) is 0 Å². The summed E-state index contributed by atoms with van der Waals surface area (Å²) in [7, 11) is 2.23. The Morgan fingerprint density at radius 1 is 1.43 bits per heavy atom. The van der Waals surface area contributed by atoms with E-state index in [0.29, 0.717) is 0 Å². The molecule has 0 amide bonds. The van der Waals surface area contributed by atoms with E-state index in [-0.39, 0.29) is 0 Å². The van der Waals surface area contributed by atoms with Crippen LogP contribution < -0.4 is 4.90 Å². The van der Waals surface area contributed by atoms with Gasteiger partial charge in [0.2, 0.25) is 0 Å². The first-order valence-corrected chi connectivity index (χ1v) is 7.92. The molecule has 0 aromatic carbocycles. The molecule has 1 aliphatic rings. The average molecular weight is 287 g/mol. The zero-order valence-electron chi connectivity index (χ0n) is 13.3. The molecule has 21 heavy (non-hydrogen) atoms. The van der Waals surface area contributed by atoms with Gasteiger partial charge in [-0.1, -0.05) is 6.92 Å². The molecule has 3 rings (SSSR count). The monoisotopic (exact) mass is 287 g/mol. The summed E-state index contributed by atoms with van der Waals surface area (Å²) < 4.78 is 0. The maximum absolute atomic E-state index is 4.69. The summed E-state index contributed by atoms with van der Waals surface area (Å²) >= 11 is 0. The van der Waals surface area contributed by atoms with Gasteiger partial charge in [0.25, 0.3) is 0 Å². The molecule has 0 aliphatic carbocycles. The number of aryl methyl sites for hydroxylation is 1. The number of nitrogens with one attached hydrogen (secondary N) is 1. The van der Waals surface area contributed by atoms with Gasteiger partial charge >= 0.3 is 0 Å². The molecule has 2 aromatic heterocycles. The number of rotatable bonds is 5. The number of hydrogen-bond donors (Lipinski definition) is 1. The van der Waals surface area contributed by atoms with Crippen LogP contribution in [-0.4, -0.2) is 53.1 Å². The van der Waals surface area contributed by atoms with Gasteiger partial charge in [-0.2, -0.15) is 0 Å². The minimum absolute atomic E-state index is 0.741. The fourth-order valence-corrected chi connectivity index (χ4v) is 3.36. The fourth-order valence-electron chi connectivity index (χ4n) is 3.36. The second-order valence-corrected chi connectivity index (χ2v) is 6.20. The molecule has 5 heteroatoms. The van der Waals surface area contributed by atoms with Gasteiger partial charge in [-0.05, 0) is 45.3 Å². The molecule has 1 aliphatic heterocycles. The maximum atomic E-state index is 4.69. The highest BCUT2D eigenvalue weighted by molar-refractivity contribution is 5.87. The van der Waals surface area contributed by atoms with Gasteiger partial charge in [0.15, 0.2) is 0 Å². The Bertz CT molecular complexity index is 606. The van der Waals surface area contributed by atoms with Crippen LogP contribution in [0.25, 0.3) is 11.0 Å². The number of fused-ring (bicyclic) bond motifs is 1. The van der Waals surface area contributed by atoms with Crippen molar-refractivity contribution >= 4 is 16.9 Å². The Balaban J connectivity index is 1.74. The van der Waals surface area contributed by atoms with Crippen molar-refractivity contribution < 1.29 is 0 Å². The Kier molecular flexibility index (Phi) is 4.10. The Hall–Kier alpha value is -1.62. The number of hydrogen-bond acceptors (Lipinski definition) is 4. The van der Waals surface area contributed by atoms with Gasteiger partial charge in [0.05, 0.1) is 5.39 Å². The minimum atomic E-state index is 0.741. The Labute approximate surface area is 126 Å². The van der Waals surface area contributed by atoms with Crippen molar-refractivity contribution in [3.05, 3.63) is 18.1 Å². The number of nitrogens with zero attached hydrogens (tertiary/aromatic N) is 4. The SMILES string of the molecule is CCCN(C)CC1CCN(c2nc(C)nc3[nH]ccc23)C1. The predicted molar refractivity (Wildman–Crippen MR) is 86.7 cm³/mol. The van der Waals surface area contributed by atoms with E-state index < -0.39 is 0 Å². The van der Waals surface area contributed by atoms with Crippen molar-refractivity contribution in [1.29, 1.82) is 0 Å². The van der Waals surface area contributed by atoms with Gasteiger partial charge in [-0.15, -0.1) is 0 Å². The lowest BCUT2D eigenvalue weighted by molar-refractivity contribution is 0.287. The molecule has 1 unspecified atom stereocenters. The van der Waals surface area contributed by atoms with Crippen LogP contribution in [-0.2, 0) is 0 Å². The first-order valence-electron chi connectivity index (χ1n) is 7.92. The molecular formula is C16H25N5. The molecule has 0 radical (unpaired) electrons. The molecule has 1 saturated heterocycles. The standard InChI is InChI=1S/C16H25N5/c1-4-8-20(3)10-13-6-9-21(11-13)16-14-5-7-17-15(14)18-12(2)19-16/h5,7,13H,4,6,8-11H2,1-3H3,(H,17,18,19). The molecule has 1 fully saturated rings. The summed E-state index contributed by atoms with van der Waals surface area (Å²) in [5, 5.41) is 1.14. The van der Waals surface area contributed by atoms with Crippen molar-refractivity contribution in [1.82, 2.24) is 19.9 Å². The summed E-state index contributed by atoms with van der Waals surface area (Å²) in [4.78, 5) is 17.2. The van der Waals surface area contributed by atoms with Crippen LogP contribution in [0, 0.1) is 12.8 Å². The number of H-pyrrole nitrogens is 1. The third kappa shape index (κ3) is 3.02. The maximum Gasteiger partial charge on any atom is 0.143 e. The number of aromatic nitrogens is 3. The lowest BCUT2D eigenvalue weighted by Gasteiger charge is -2.22. The topological polar surface area (TPSA) is 48.1 Å². The van der Waals surface area contributed by atoms with E-state index in [0.717, 1.165) is 41.7 Å². The van der Waals surface area contributed by atoms with E-state index in [9.17, 15) is 0 Å². The van der Waals surface area contributed by atoms with Crippen LogP contribution >= 0.6 is 0 Å². The van der Waals surface area contributed by atoms with Crippen LogP contribution in [0.3, 0.4) is 0 Å². The van der Waals surface area contributed by atoms with Gasteiger partial charge in [-0.25, -0.2) is 9.97 Å². The van der Waals surface area contributed by atoms with E-state index >= 15 is 0 Å². The van der Waals surface area contributed by atoms with Crippen LogP contribution in [0.4, 0.5) is 5.82 Å². The Morgan fingerprint density at radius 2 is 2.29 bits per heavy atom. The first-order chi connectivity index (χ1) is 10.2. The molecule has 0 bridgehead atoms. The second kappa shape index (κ2) is 6.02. The highest BCUT2D eigenvalue weighted by atomic mass is 15.2. The van der Waals surface area contributed by atoms with Gasteiger partial charge < -0.3 is 14.8 Å². The lowest BCUT2D eigenvalue weighted by atomic mass is 10.1. The molecule has 114 valence electrons. The molecular weight excluding hydrogens is 262 g/mol. The summed E-state index contributed by atoms with van der Waals surface area (Å²) in [5.74, 6) is 2.68. The fraction of sp³-hybridized carbons (Fsp3) is 0.625. The molecule has 1 N–H and O–H groups in total. The smallest absolute Gasteiger partial charge is 0.143 e. The van der Waals surface area contributed by atoms with Crippen LogP contribution in [0.2, 0.25) is 0 Å². The van der Waals surface area contributed by atoms with Crippen molar-refractivity contribution in [2.45, 2.75) is 26.7 Å². The average Bonchev–Trinajstić information content (AvgIpc) is 3.06. The summed E-state index contributed by atoms with van der Waals surface area (Å²) in [6.07, 6.45) is 4.43. The van der Waals surface area contributed by atoms with Crippen LogP contribution in [0.5, 0.6) is 0 Å². The minimum Gasteiger partial charge on any atom is -0.356 e. The van der Waals surface area contributed by atoms with E-state index in [2.05, 4.69) is 44.8 Å². The van der Waals surface area contributed by atoms with Crippen molar-refractivity contribution in [2.24, 2.45) is 5.92 Å². The Morgan fingerprint density at radius 3 is 3.10 bits per heavy atom. The van der Waals surface area contributed by atoms with Crippen molar-refractivity contribution in [2.75, 3.05) is 38.1 Å². The van der Waals surface area contributed by atoms with E-state index in [1.165, 1.54) is 25.9 Å². The highest BCUT2D eigenvalue weighted by Gasteiger charge is 2.26. The normalized spacial score (nSPS) is 19.0. The molecule has 2 aromatic rings. The van der Waals surface area contributed by atoms with E-state index in [4.69, 9.17) is 0 Å². The predicted octanol–water partition coefficient (Wildman–Crippen LogP) is 2.43. The summed E-state index contributed by atoms with van der Waals surface area (Å²) in [6, 6.07) is 2.08. The molecule has 0 spiro atoms. The van der Waals surface area contributed by atoms with Gasteiger partial charge in [0, 0.05) is 25.8 Å². The zero-order chi connectivity index (χ0) is 14.8. The summed E-state index contributed by atoms with van der Waals surface area (Å²) in [6.45, 7) is 8.78. The molecule has 3 heterocycles. The van der Waals surface area contributed by atoms with Gasteiger partial charge in [-0.3, -0.25) is 0 Å². The summed E-state index contributed by atoms with van der Waals surface area (Å²) in [5.41, 5.74) is 0.948. The largest absolute Gasteiger partial charge is 0.356 e. The van der Waals surface area contributed by atoms with E-state index in [1.807, 2.05) is 13.1 Å². The highest BCUT2D eigenvalue weighted by Crippen LogP contribution is 2.28. The van der Waals surface area contributed by atoms with Gasteiger partial charge in [0.1, 0.15) is 17.3 Å². The third-order valence-electron chi connectivity index (χ3n) is 4.27. The number of aromatic amines is 1. The second-order valence-electron chi connectivity index (χ2n) is 6.20. The lowest BCUT2D eigenvalue weighted by Crippen LogP contribution is -2.29. The van der Waals surface area contributed by atoms with Crippen LogP contribution in [0.1, 0.15) is 25.6 Å². The molecule has 5 nitrogen and oxygen atoms in total. The zero-order valence-corrected chi connectivity index (χ0v) is 13.3. The van der Waals surface area contributed by atoms with Crippen molar-refractivity contribution in [3.8, 4) is 0 Å². The third-order valence-corrected chi connectivity index (χ3v) is 4.27. The quantitative estimate of drug-likeness (QED) is 0.917. The van der Waals surface area contributed by atoms with Crippen LogP contribution in [0.15, 0.2) is 12.3 Å². The van der Waals surface area contributed by atoms with E-state index in [1.54, 1.807) is 0 Å². The number of anilines is 1. The first kappa shape index (κ1) is 14.3.